The summed E-state index contributed by atoms with van der Waals surface area (Å²) >= 11 is 1.73. The van der Waals surface area contributed by atoms with Gasteiger partial charge in [0.25, 0.3) is 0 Å². The number of hydrogen-bond acceptors (Lipinski definition) is 4. The number of carbonyl (C=O) groups is 1. The molecule has 0 aromatic carbocycles. The van der Waals surface area contributed by atoms with Gasteiger partial charge in [0.1, 0.15) is 5.76 Å². The molecule has 0 saturated carbocycles. The van der Waals surface area contributed by atoms with Crippen LogP contribution in [0.3, 0.4) is 0 Å². The molecule has 1 N–H and O–H groups in total. The predicted octanol–water partition coefficient (Wildman–Crippen LogP) is 2.41. The van der Waals surface area contributed by atoms with Crippen molar-refractivity contribution < 1.29 is 14.4 Å². The molecule has 78 valence electrons. The van der Waals surface area contributed by atoms with Crippen LogP contribution in [-0.2, 0) is 5.75 Å². The van der Waals surface area contributed by atoms with Gasteiger partial charge in [-0.25, -0.2) is 4.79 Å². The molecule has 0 amide bonds. The molecule has 0 aliphatic carbocycles. The Morgan fingerprint density at radius 1 is 1.71 bits per heavy atom. The number of rotatable bonds is 6. The average Bonchev–Trinajstić information content (AvgIpc) is 2.61. The van der Waals surface area contributed by atoms with Gasteiger partial charge in [-0.15, -0.1) is 0 Å². The van der Waals surface area contributed by atoms with Crippen LogP contribution in [0, 0.1) is 0 Å². The molecule has 1 rings (SSSR count). The minimum absolute atomic E-state index is 0.0175. The van der Waals surface area contributed by atoms with Crippen molar-refractivity contribution in [3.8, 4) is 0 Å². The van der Waals surface area contributed by atoms with Crippen molar-refractivity contribution in [2.24, 2.45) is 0 Å². The lowest BCUT2D eigenvalue weighted by atomic mass is 10.4. The highest BCUT2D eigenvalue weighted by Gasteiger charge is 2.09. The summed E-state index contributed by atoms with van der Waals surface area (Å²) in [4.78, 5) is 10.5. The molecular weight excluding hydrogens is 202 g/mol. The summed E-state index contributed by atoms with van der Waals surface area (Å²) in [7, 11) is 0. The first-order chi connectivity index (χ1) is 6.74. The number of thioether (sulfide) groups is 1. The van der Waals surface area contributed by atoms with E-state index in [1.165, 1.54) is 18.9 Å². The fourth-order valence-corrected chi connectivity index (χ4v) is 1.88. The summed E-state index contributed by atoms with van der Waals surface area (Å²) in [6.07, 6.45) is 2.34. The van der Waals surface area contributed by atoms with Crippen LogP contribution in [0.2, 0.25) is 0 Å². The van der Waals surface area contributed by atoms with E-state index in [0.717, 1.165) is 5.75 Å². The summed E-state index contributed by atoms with van der Waals surface area (Å²) in [5.41, 5.74) is -0.0175. The maximum Gasteiger partial charge on any atom is 0.358 e. The third-order valence-corrected chi connectivity index (χ3v) is 2.73. The van der Waals surface area contributed by atoms with Crippen molar-refractivity contribution in [1.29, 1.82) is 0 Å². The van der Waals surface area contributed by atoms with Crippen LogP contribution in [0.4, 0.5) is 0 Å². The second-order valence-corrected chi connectivity index (χ2v) is 3.99. The van der Waals surface area contributed by atoms with E-state index in [0.29, 0.717) is 11.5 Å². The molecule has 0 spiro atoms. The number of aromatic carboxylic acids is 1. The molecule has 5 heteroatoms. The zero-order valence-corrected chi connectivity index (χ0v) is 8.84. The third kappa shape index (κ3) is 3.41. The molecule has 0 aliphatic heterocycles. The molecule has 0 saturated heterocycles. The van der Waals surface area contributed by atoms with Crippen LogP contribution in [0.25, 0.3) is 0 Å². The zero-order chi connectivity index (χ0) is 10.4. The van der Waals surface area contributed by atoms with Crippen molar-refractivity contribution in [3.05, 3.63) is 17.5 Å². The Labute approximate surface area is 86.7 Å². The lowest BCUT2D eigenvalue weighted by molar-refractivity contribution is 0.0685. The van der Waals surface area contributed by atoms with Gasteiger partial charge in [0, 0.05) is 6.07 Å². The van der Waals surface area contributed by atoms with Crippen molar-refractivity contribution in [2.45, 2.75) is 25.5 Å². The maximum atomic E-state index is 10.5. The highest BCUT2D eigenvalue weighted by Crippen LogP contribution is 2.14. The monoisotopic (exact) mass is 215 g/mol. The maximum absolute atomic E-state index is 10.5. The number of hydrogen-bond donors (Lipinski definition) is 1. The smallest absolute Gasteiger partial charge is 0.358 e. The van der Waals surface area contributed by atoms with Gasteiger partial charge >= 0.3 is 5.97 Å². The topological polar surface area (TPSA) is 63.3 Å². The predicted molar refractivity (Wildman–Crippen MR) is 54.5 cm³/mol. The van der Waals surface area contributed by atoms with Crippen LogP contribution < -0.4 is 0 Å². The zero-order valence-electron chi connectivity index (χ0n) is 8.02. The molecule has 4 nitrogen and oxygen atoms in total. The molecule has 0 unspecified atom stereocenters. The second-order valence-electron chi connectivity index (χ2n) is 2.89. The minimum Gasteiger partial charge on any atom is -0.476 e. The number of unbranched alkanes of at least 4 members (excludes halogenated alkanes) is 1. The fraction of sp³-hybridized carbons (Fsp3) is 0.556. The molecule has 1 aromatic heterocycles. The first-order valence-corrected chi connectivity index (χ1v) is 5.66. The summed E-state index contributed by atoms with van der Waals surface area (Å²) < 4.78 is 4.85. The minimum atomic E-state index is -1.04. The second kappa shape index (κ2) is 5.70. The lowest BCUT2D eigenvalue weighted by Crippen LogP contribution is -1.94. The molecule has 0 fully saturated rings. The van der Waals surface area contributed by atoms with Gasteiger partial charge in [0.2, 0.25) is 0 Å². The average molecular weight is 215 g/mol. The number of aromatic nitrogens is 1. The molecule has 1 heterocycles. The van der Waals surface area contributed by atoms with Crippen molar-refractivity contribution in [1.82, 2.24) is 5.16 Å². The summed E-state index contributed by atoms with van der Waals surface area (Å²) in [6, 6.07) is 1.47. The van der Waals surface area contributed by atoms with E-state index in [4.69, 9.17) is 9.63 Å². The van der Waals surface area contributed by atoms with Gasteiger partial charge in [-0.1, -0.05) is 18.5 Å². The molecule has 0 radical (unpaired) electrons. The van der Waals surface area contributed by atoms with Gasteiger partial charge in [-0.05, 0) is 12.2 Å². The Hall–Kier alpha value is -0.970. The molecule has 1 aromatic rings. The van der Waals surface area contributed by atoms with Gasteiger partial charge in [-0.2, -0.15) is 11.8 Å². The molecule has 14 heavy (non-hydrogen) atoms. The van der Waals surface area contributed by atoms with E-state index in [9.17, 15) is 4.79 Å². The highest BCUT2D eigenvalue weighted by molar-refractivity contribution is 7.98. The SMILES string of the molecule is CCCCSCc1cc(C(=O)O)no1. The summed E-state index contributed by atoms with van der Waals surface area (Å²) in [5, 5.41) is 12.0. The van der Waals surface area contributed by atoms with Crippen LogP contribution in [0.5, 0.6) is 0 Å². The first kappa shape index (κ1) is 11.1. The summed E-state index contributed by atoms with van der Waals surface area (Å²) in [5.74, 6) is 1.35. The van der Waals surface area contributed by atoms with Gasteiger partial charge < -0.3 is 9.63 Å². The number of carboxylic acids is 1. The van der Waals surface area contributed by atoms with Crippen LogP contribution in [-0.4, -0.2) is 22.0 Å². The normalized spacial score (nSPS) is 10.4. The Balaban J connectivity index is 2.33. The molecule has 0 atom stereocenters. The molecular formula is C9H13NO3S. The Bertz CT molecular complexity index is 298. The van der Waals surface area contributed by atoms with E-state index in [1.54, 1.807) is 11.8 Å². The van der Waals surface area contributed by atoms with E-state index in [1.807, 2.05) is 0 Å². The van der Waals surface area contributed by atoms with Crippen molar-refractivity contribution in [2.75, 3.05) is 5.75 Å². The van der Waals surface area contributed by atoms with Crippen molar-refractivity contribution in [3.63, 3.8) is 0 Å². The Kier molecular flexibility index (Phi) is 4.52. The first-order valence-electron chi connectivity index (χ1n) is 4.50. The molecule has 0 bridgehead atoms. The fourth-order valence-electron chi connectivity index (χ4n) is 0.901. The largest absolute Gasteiger partial charge is 0.476 e. The quantitative estimate of drug-likeness (QED) is 0.738. The van der Waals surface area contributed by atoms with E-state index in [-0.39, 0.29) is 5.69 Å². The standard InChI is InChI=1S/C9H13NO3S/c1-2-3-4-14-6-7-5-8(9(11)12)10-13-7/h5H,2-4,6H2,1H3,(H,11,12). The Morgan fingerprint density at radius 2 is 2.50 bits per heavy atom. The Morgan fingerprint density at radius 3 is 3.07 bits per heavy atom. The number of nitrogens with zero attached hydrogens (tertiary/aromatic N) is 1. The van der Waals surface area contributed by atoms with E-state index in [2.05, 4.69) is 12.1 Å². The van der Waals surface area contributed by atoms with Gasteiger partial charge in [0.05, 0.1) is 5.75 Å². The van der Waals surface area contributed by atoms with Gasteiger partial charge in [0.15, 0.2) is 5.69 Å². The molecule has 0 aliphatic rings. The summed E-state index contributed by atoms with van der Waals surface area (Å²) in [6.45, 7) is 2.14. The van der Waals surface area contributed by atoms with Crippen LogP contribution in [0.15, 0.2) is 10.6 Å². The highest BCUT2D eigenvalue weighted by atomic mass is 32.2. The van der Waals surface area contributed by atoms with E-state index >= 15 is 0 Å². The van der Waals surface area contributed by atoms with E-state index < -0.39 is 5.97 Å². The number of carboxylic acid groups (broad SMARTS) is 1. The van der Waals surface area contributed by atoms with Crippen LogP contribution in [0.1, 0.15) is 36.0 Å². The van der Waals surface area contributed by atoms with Crippen LogP contribution >= 0.6 is 11.8 Å². The van der Waals surface area contributed by atoms with Crippen molar-refractivity contribution >= 4 is 17.7 Å². The lowest BCUT2D eigenvalue weighted by Gasteiger charge is -1.94. The third-order valence-electron chi connectivity index (χ3n) is 1.66. The van der Waals surface area contributed by atoms with Gasteiger partial charge in [-0.3, -0.25) is 0 Å².